The average Bonchev–Trinajstić information content (AvgIpc) is 2.91. The Morgan fingerprint density at radius 1 is 1.25 bits per heavy atom. The van der Waals surface area contributed by atoms with E-state index in [1.54, 1.807) is 6.92 Å². The highest BCUT2D eigenvalue weighted by Gasteiger charge is 2.13. The molecule has 0 unspecified atom stereocenters. The summed E-state index contributed by atoms with van der Waals surface area (Å²) in [5.41, 5.74) is 3.37. The van der Waals surface area contributed by atoms with Gasteiger partial charge in [-0.25, -0.2) is 0 Å². The van der Waals surface area contributed by atoms with Gasteiger partial charge in [0.2, 0.25) is 0 Å². The van der Waals surface area contributed by atoms with Crippen LogP contribution in [0.1, 0.15) is 47.7 Å². The smallest absolute Gasteiger partial charge is 0.305 e. The third-order valence-electron chi connectivity index (χ3n) is 3.51. The Morgan fingerprint density at radius 2 is 2.05 bits per heavy atom. The normalized spacial score (nSPS) is 12.8. The lowest BCUT2D eigenvalue weighted by Crippen LogP contribution is -2.25. The minimum absolute atomic E-state index is 0.0661. The molecule has 0 fully saturated rings. The highest BCUT2D eigenvalue weighted by molar-refractivity contribution is 5.94. The molecule has 4 heteroatoms. The number of fused-ring (bicyclic) bond motifs is 1. The van der Waals surface area contributed by atoms with Crippen molar-refractivity contribution in [3.8, 4) is 0 Å². The molecule has 0 bridgehead atoms. The van der Waals surface area contributed by atoms with Gasteiger partial charge in [-0.05, 0) is 55.9 Å². The molecule has 1 aromatic carbocycles. The number of rotatable bonds is 6. The molecule has 20 heavy (non-hydrogen) atoms. The van der Waals surface area contributed by atoms with E-state index in [9.17, 15) is 9.59 Å². The fourth-order valence-electron chi connectivity index (χ4n) is 2.48. The van der Waals surface area contributed by atoms with Crippen LogP contribution in [0.15, 0.2) is 18.2 Å². The van der Waals surface area contributed by atoms with Crippen LogP contribution in [0, 0.1) is 0 Å². The first-order valence-electron chi connectivity index (χ1n) is 7.26. The molecular formula is C16H21NO3. The number of carbonyl (C=O) groups excluding carboxylic acids is 2. The summed E-state index contributed by atoms with van der Waals surface area (Å²) in [7, 11) is 0. The summed E-state index contributed by atoms with van der Waals surface area (Å²) in [6, 6.07) is 5.92. The van der Waals surface area contributed by atoms with Crippen molar-refractivity contribution in [2.24, 2.45) is 0 Å². The van der Waals surface area contributed by atoms with Gasteiger partial charge in [0, 0.05) is 18.5 Å². The van der Waals surface area contributed by atoms with Crippen LogP contribution in [0.25, 0.3) is 0 Å². The third-order valence-corrected chi connectivity index (χ3v) is 3.51. The standard InChI is InChI=1S/C16H21NO3/c1-2-20-15(18)7-4-10-17-16(19)14-9-8-12-5-3-6-13(12)11-14/h8-9,11H,2-7,10H2,1H3,(H,17,19). The number of nitrogens with one attached hydrogen (secondary N) is 1. The predicted octanol–water partition coefficient (Wildman–Crippen LogP) is 2.25. The van der Waals surface area contributed by atoms with Gasteiger partial charge in [0.1, 0.15) is 0 Å². The molecule has 0 spiro atoms. The lowest BCUT2D eigenvalue weighted by atomic mass is 10.1. The summed E-state index contributed by atoms with van der Waals surface area (Å²) in [5, 5.41) is 2.84. The van der Waals surface area contributed by atoms with Crippen molar-refractivity contribution in [1.29, 1.82) is 0 Å². The summed E-state index contributed by atoms with van der Waals surface area (Å²) in [6.45, 7) is 2.68. The highest BCUT2D eigenvalue weighted by atomic mass is 16.5. The SMILES string of the molecule is CCOC(=O)CCCNC(=O)c1ccc2c(c1)CCC2. The zero-order valence-corrected chi connectivity index (χ0v) is 11.9. The van der Waals surface area contributed by atoms with Crippen molar-refractivity contribution in [2.45, 2.75) is 39.0 Å². The second-order valence-corrected chi connectivity index (χ2v) is 5.00. The van der Waals surface area contributed by atoms with E-state index >= 15 is 0 Å². The van der Waals surface area contributed by atoms with Crippen LogP contribution in [0.2, 0.25) is 0 Å². The number of hydrogen-bond donors (Lipinski definition) is 1. The average molecular weight is 275 g/mol. The zero-order chi connectivity index (χ0) is 14.4. The van der Waals surface area contributed by atoms with E-state index in [1.807, 2.05) is 12.1 Å². The van der Waals surface area contributed by atoms with Crippen LogP contribution in [-0.2, 0) is 22.4 Å². The van der Waals surface area contributed by atoms with Gasteiger partial charge in [0.25, 0.3) is 5.91 Å². The number of benzene rings is 1. The molecule has 0 saturated carbocycles. The van der Waals surface area contributed by atoms with Crippen LogP contribution in [0.3, 0.4) is 0 Å². The third kappa shape index (κ3) is 3.83. The van der Waals surface area contributed by atoms with Crippen LogP contribution in [0.4, 0.5) is 0 Å². The molecule has 0 heterocycles. The molecule has 2 rings (SSSR count). The fraction of sp³-hybridized carbons (Fsp3) is 0.500. The maximum Gasteiger partial charge on any atom is 0.305 e. The number of carbonyl (C=O) groups is 2. The van der Waals surface area contributed by atoms with Gasteiger partial charge in [-0.1, -0.05) is 6.07 Å². The van der Waals surface area contributed by atoms with E-state index < -0.39 is 0 Å². The zero-order valence-electron chi connectivity index (χ0n) is 11.9. The van der Waals surface area contributed by atoms with Crippen molar-refractivity contribution in [2.75, 3.05) is 13.2 Å². The first-order chi connectivity index (χ1) is 9.70. The van der Waals surface area contributed by atoms with Gasteiger partial charge in [-0.15, -0.1) is 0 Å². The quantitative estimate of drug-likeness (QED) is 0.640. The summed E-state index contributed by atoms with van der Waals surface area (Å²) >= 11 is 0. The number of aryl methyl sites for hydroxylation is 2. The Labute approximate surface area is 119 Å². The molecule has 1 N–H and O–H groups in total. The second kappa shape index (κ2) is 7.08. The molecule has 0 saturated heterocycles. The molecule has 0 aromatic heterocycles. The Balaban J connectivity index is 1.76. The van der Waals surface area contributed by atoms with E-state index in [2.05, 4.69) is 11.4 Å². The predicted molar refractivity (Wildman–Crippen MR) is 76.7 cm³/mol. The van der Waals surface area contributed by atoms with Gasteiger partial charge in [-0.3, -0.25) is 9.59 Å². The second-order valence-electron chi connectivity index (χ2n) is 5.00. The number of ether oxygens (including phenoxy) is 1. The van der Waals surface area contributed by atoms with E-state index in [0.717, 1.165) is 12.8 Å². The Bertz CT molecular complexity index is 496. The minimum atomic E-state index is -0.209. The van der Waals surface area contributed by atoms with Gasteiger partial charge < -0.3 is 10.1 Å². The molecule has 108 valence electrons. The summed E-state index contributed by atoms with van der Waals surface area (Å²) in [4.78, 5) is 23.1. The van der Waals surface area contributed by atoms with Gasteiger partial charge >= 0.3 is 5.97 Å². The van der Waals surface area contributed by atoms with E-state index in [4.69, 9.17) is 4.74 Å². The van der Waals surface area contributed by atoms with Crippen molar-refractivity contribution >= 4 is 11.9 Å². The Hall–Kier alpha value is -1.84. The topological polar surface area (TPSA) is 55.4 Å². The molecule has 1 aromatic rings. The van der Waals surface area contributed by atoms with Crippen molar-refractivity contribution in [1.82, 2.24) is 5.32 Å². The molecule has 0 radical (unpaired) electrons. The monoisotopic (exact) mass is 275 g/mol. The highest BCUT2D eigenvalue weighted by Crippen LogP contribution is 2.22. The van der Waals surface area contributed by atoms with Crippen LogP contribution >= 0.6 is 0 Å². The summed E-state index contributed by atoms with van der Waals surface area (Å²) in [6.07, 6.45) is 4.32. The lowest BCUT2D eigenvalue weighted by molar-refractivity contribution is -0.143. The Morgan fingerprint density at radius 3 is 2.85 bits per heavy atom. The molecule has 0 aliphatic heterocycles. The van der Waals surface area contributed by atoms with E-state index in [0.29, 0.717) is 31.6 Å². The van der Waals surface area contributed by atoms with Crippen molar-refractivity contribution in [3.05, 3.63) is 34.9 Å². The summed E-state index contributed by atoms with van der Waals surface area (Å²) < 4.78 is 4.83. The fourth-order valence-corrected chi connectivity index (χ4v) is 2.48. The molecule has 0 atom stereocenters. The molecular weight excluding hydrogens is 254 g/mol. The Kier molecular flexibility index (Phi) is 5.16. The molecule has 1 aliphatic rings. The van der Waals surface area contributed by atoms with Crippen LogP contribution < -0.4 is 5.32 Å². The first-order valence-corrected chi connectivity index (χ1v) is 7.26. The van der Waals surface area contributed by atoms with Crippen molar-refractivity contribution in [3.63, 3.8) is 0 Å². The number of esters is 1. The lowest BCUT2D eigenvalue weighted by Gasteiger charge is -2.07. The maximum atomic E-state index is 12.0. The molecule has 1 amide bonds. The largest absolute Gasteiger partial charge is 0.466 e. The van der Waals surface area contributed by atoms with Gasteiger partial charge in [0.15, 0.2) is 0 Å². The number of hydrogen-bond acceptors (Lipinski definition) is 3. The van der Waals surface area contributed by atoms with E-state index in [1.165, 1.54) is 17.5 Å². The molecule has 1 aliphatic carbocycles. The van der Waals surface area contributed by atoms with Gasteiger partial charge in [0.05, 0.1) is 6.61 Å². The number of amides is 1. The van der Waals surface area contributed by atoms with Crippen molar-refractivity contribution < 1.29 is 14.3 Å². The van der Waals surface area contributed by atoms with Gasteiger partial charge in [-0.2, -0.15) is 0 Å². The van der Waals surface area contributed by atoms with Crippen LogP contribution in [0.5, 0.6) is 0 Å². The minimum Gasteiger partial charge on any atom is -0.466 e. The van der Waals surface area contributed by atoms with E-state index in [-0.39, 0.29) is 11.9 Å². The maximum absolute atomic E-state index is 12.0. The van der Waals surface area contributed by atoms with Crippen LogP contribution in [-0.4, -0.2) is 25.0 Å². The first kappa shape index (κ1) is 14.6. The summed E-state index contributed by atoms with van der Waals surface area (Å²) in [5.74, 6) is -0.275. The molecule has 4 nitrogen and oxygen atoms in total.